The van der Waals surface area contributed by atoms with Crippen molar-refractivity contribution >= 4 is 17.2 Å². The lowest BCUT2D eigenvalue weighted by Gasteiger charge is -2.29. The first-order valence-corrected chi connectivity index (χ1v) is 8.09. The maximum absolute atomic E-state index is 11.5. The summed E-state index contributed by atoms with van der Waals surface area (Å²) in [6, 6.07) is 11.5. The van der Waals surface area contributed by atoms with Crippen molar-refractivity contribution in [3.05, 3.63) is 54.4 Å². The number of para-hydroxylation sites is 1. The van der Waals surface area contributed by atoms with E-state index in [2.05, 4.69) is 10.1 Å². The first-order valence-electron chi connectivity index (χ1n) is 8.09. The number of likely N-dealkylation sites (N-methyl/N-ethyl adjacent to an activating group) is 1. The number of anilines is 1. The minimum Gasteiger partial charge on any atom is -0.496 e. The second kappa shape index (κ2) is 6.07. The van der Waals surface area contributed by atoms with Crippen LogP contribution in [0.15, 0.2) is 54.4 Å². The fraction of sp³-hybridized carbons (Fsp3) is 0.167. The lowest BCUT2D eigenvalue weighted by atomic mass is 10.2. The highest BCUT2D eigenvalue weighted by Crippen LogP contribution is 2.29. The maximum atomic E-state index is 11.5. The Balaban J connectivity index is 1.70. The molecule has 0 bridgehead atoms. The third-order valence-electron chi connectivity index (χ3n) is 4.39. The number of amides is 1. The molecule has 0 fully saturated rings. The second-order valence-electron chi connectivity index (χ2n) is 5.88. The monoisotopic (exact) mass is 350 g/mol. The lowest BCUT2D eigenvalue weighted by molar-refractivity contribution is -0.115. The third-order valence-corrected chi connectivity index (χ3v) is 4.39. The van der Waals surface area contributed by atoms with E-state index in [1.54, 1.807) is 29.8 Å². The number of carbonyl (C=O) groups is 1. The number of benzene rings is 1. The van der Waals surface area contributed by atoms with Gasteiger partial charge in [-0.05, 0) is 24.3 Å². The number of carbonyl (C=O) groups excluding carboxylic acids is 1. The standard InChI is InChI=1S/C18H18N6O2/c1-22-14(17(19)25)8-10-24(22)12-7-9-23-16(11-12)20-18(21-23)13-5-3-4-6-15(13)26-2/h3-9,11H,10H2,1-2H3,(H2,19,25). The van der Waals surface area contributed by atoms with Gasteiger partial charge in [-0.1, -0.05) is 12.1 Å². The molecule has 4 rings (SSSR count). The molecule has 0 spiro atoms. The number of hydrazine groups is 1. The Hall–Kier alpha value is -3.55. The van der Waals surface area contributed by atoms with Gasteiger partial charge >= 0.3 is 0 Å². The lowest BCUT2D eigenvalue weighted by Crippen LogP contribution is -2.37. The number of hydrogen-bond donors (Lipinski definition) is 1. The van der Waals surface area contributed by atoms with E-state index in [0.717, 1.165) is 17.0 Å². The summed E-state index contributed by atoms with van der Waals surface area (Å²) in [5, 5.41) is 8.21. The molecule has 26 heavy (non-hydrogen) atoms. The van der Waals surface area contributed by atoms with Crippen LogP contribution in [-0.4, -0.2) is 46.2 Å². The molecule has 0 radical (unpaired) electrons. The van der Waals surface area contributed by atoms with Crippen molar-refractivity contribution < 1.29 is 9.53 Å². The van der Waals surface area contributed by atoms with Crippen LogP contribution in [0.25, 0.3) is 17.0 Å². The zero-order valence-corrected chi connectivity index (χ0v) is 14.5. The molecular formula is C18H18N6O2. The van der Waals surface area contributed by atoms with Crippen molar-refractivity contribution in [3.63, 3.8) is 0 Å². The number of nitrogens with two attached hydrogens (primary N) is 1. The summed E-state index contributed by atoms with van der Waals surface area (Å²) < 4.78 is 7.11. The zero-order valence-electron chi connectivity index (χ0n) is 14.5. The molecule has 3 aromatic rings. The molecule has 8 heteroatoms. The van der Waals surface area contributed by atoms with Gasteiger partial charge in [-0.2, -0.15) is 0 Å². The number of nitrogens with zero attached hydrogens (tertiary/aromatic N) is 5. The molecule has 0 saturated carbocycles. The van der Waals surface area contributed by atoms with E-state index in [1.807, 2.05) is 47.6 Å². The van der Waals surface area contributed by atoms with E-state index in [9.17, 15) is 4.79 Å². The third kappa shape index (κ3) is 2.52. The molecule has 1 amide bonds. The number of rotatable bonds is 4. The van der Waals surface area contributed by atoms with E-state index in [-0.39, 0.29) is 0 Å². The molecule has 0 unspecified atom stereocenters. The van der Waals surface area contributed by atoms with Gasteiger partial charge in [-0.25, -0.2) is 9.50 Å². The molecule has 3 heterocycles. The Kier molecular flexibility index (Phi) is 3.72. The first-order chi connectivity index (χ1) is 12.6. The van der Waals surface area contributed by atoms with Crippen LogP contribution in [0.3, 0.4) is 0 Å². The van der Waals surface area contributed by atoms with Crippen LogP contribution < -0.4 is 15.5 Å². The van der Waals surface area contributed by atoms with Crippen molar-refractivity contribution in [2.45, 2.75) is 0 Å². The molecule has 0 saturated heterocycles. The van der Waals surface area contributed by atoms with Crippen LogP contribution in [0.5, 0.6) is 5.75 Å². The Morgan fingerprint density at radius 1 is 1.27 bits per heavy atom. The van der Waals surface area contributed by atoms with Crippen molar-refractivity contribution in [3.8, 4) is 17.1 Å². The number of methoxy groups -OCH3 is 1. The van der Waals surface area contributed by atoms with E-state index < -0.39 is 5.91 Å². The van der Waals surface area contributed by atoms with Crippen molar-refractivity contribution in [2.75, 3.05) is 25.7 Å². The van der Waals surface area contributed by atoms with Crippen molar-refractivity contribution in [1.82, 2.24) is 19.6 Å². The molecule has 2 aromatic heterocycles. The topological polar surface area (TPSA) is 89.0 Å². The fourth-order valence-corrected chi connectivity index (χ4v) is 3.07. The Bertz CT molecular complexity index is 1030. The van der Waals surface area contributed by atoms with Crippen LogP contribution >= 0.6 is 0 Å². The summed E-state index contributed by atoms with van der Waals surface area (Å²) in [5.74, 6) is 0.862. The van der Waals surface area contributed by atoms with Crippen molar-refractivity contribution in [2.24, 2.45) is 5.73 Å². The van der Waals surface area contributed by atoms with Gasteiger partial charge in [0.15, 0.2) is 11.5 Å². The molecular weight excluding hydrogens is 332 g/mol. The van der Waals surface area contributed by atoms with Crippen LogP contribution in [0.2, 0.25) is 0 Å². The number of aromatic nitrogens is 3. The molecule has 8 nitrogen and oxygen atoms in total. The summed E-state index contributed by atoms with van der Waals surface area (Å²) in [6.45, 7) is 0.568. The quantitative estimate of drug-likeness (QED) is 0.766. The van der Waals surface area contributed by atoms with Gasteiger partial charge in [0.2, 0.25) is 0 Å². The van der Waals surface area contributed by atoms with Gasteiger partial charge in [0, 0.05) is 19.3 Å². The molecule has 1 aliphatic rings. The Labute approximate surface area is 150 Å². The number of primary amides is 1. The summed E-state index contributed by atoms with van der Waals surface area (Å²) >= 11 is 0. The van der Waals surface area contributed by atoms with Crippen molar-refractivity contribution in [1.29, 1.82) is 0 Å². The molecule has 0 atom stereocenters. The predicted molar refractivity (Wildman–Crippen MR) is 97.4 cm³/mol. The minimum absolute atomic E-state index is 0.447. The largest absolute Gasteiger partial charge is 0.496 e. The normalized spacial score (nSPS) is 14.0. The molecule has 1 aromatic carbocycles. The van der Waals surface area contributed by atoms with Crippen LogP contribution in [0.1, 0.15) is 0 Å². The number of fused-ring (bicyclic) bond motifs is 1. The van der Waals surface area contributed by atoms with Gasteiger partial charge in [0.1, 0.15) is 11.4 Å². The van der Waals surface area contributed by atoms with E-state index >= 15 is 0 Å². The average Bonchev–Trinajstić information content (AvgIpc) is 3.24. The average molecular weight is 350 g/mol. The van der Waals surface area contributed by atoms with Gasteiger partial charge < -0.3 is 10.5 Å². The van der Waals surface area contributed by atoms with E-state index in [0.29, 0.717) is 23.7 Å². The molecule has 0 aliphatic carbocycles. The SMILES string of the molecule is COc1ccccc1-c1nc2cc(N3CC=C(C(N)=O)N3C)ccn2n1. The van der Waals surface area contributed by atoms with E-state index in [4.69, 9.17) is 10.5 Å². The highest BCUT2D eigenvalue weighted by Gasteiger charge is 2.24. The first kappa shape index (κ1) is 15.9. The van der Waals surface area contributed by atoms with E-state index in [1.165, 1.54) is 0 Å². The van der Waals surface area contributed by atoms with Crippen LogP contribution in [-0.2, 0) is 4.79 Å². The summed E-state index contributed by atoms with van der Waals surface area (Å²) in [4.78, 5) is 16.1. The Morgan fingerprint density at radius 3 is 2.81 bits per heavy atom. The summed E-state index contributed by atoms with van der Waals surface area (Å²) in [6.07, 6.45) is 3.64. The Morgan fingerprint density at radius 2 is 2.08 bits per heavy atom. The van der Waals surface area contributed by atoms with Gasteiger partial charge in [0.05, 0.1) is 24.9 Å². The molecule has 132 valence electrons. The number of pyridine rings is 1. The highest BCUT2D eigenvalue weighted by molar-refractivity contribution is 5.92. The van der Waals surface area contributed by atoms with Crippen LogP contribution in [0, 0.1) is 0 Å². The minimum atomic E-state index is -0.447. The zero-order chi connectivity index (χ0) is 18.3. The van der Waals surface area contributed by atoms with Crippen LogP contribution in [0.4, 0.5) is 5.69 Å². The van der Waals surface area contributed by atoms with Gasteiger partial charge in [0.25, 0.3) is 5.91 Å². The summed E-state index contributed by atoms with van der Waals surface area (Å²) in [5.41, 5.74) is 8.30. The fourth-order valence-electron chi connectivity index (χ4n) is 3.07. The van der Waals surface area contributed by atoms with Gasteiger partial charge in [-0.15, -0.1) is 5.10 Å². The predicted octanol–water partition coefficient (Wildman–Crippen LogP) is 1.44. The van der Waals surface area contributed by atoms with Gasteiger partial charge in [-0.3, -0.25) is 14.8 Å². The number of hydrogen-bond acceptors (Lipinski definition) is 6. The molecule has 2 N–H and O–H groups in total. The maximum Gasteiger partial charge on any atom is 0.266 e. The highest BCUT2D eigenvalue weighted by atomic mass is 16.5. The smallest absolute Gasteiger partial charge is 0.266 e. The molecule has 1 aliphatic heterocycles. The number of ether oxygens (including phenoxy) is 1. The summed E-state index contributed by atoms with van der Waals surface area (Å²) in [7, 11) is 3.43. The second-order valence-corrected chi connectivity index (χ2v) is 5.88.